The largest absolute Gasteiger partial charge is 0.383 e. The number of hydrogen-bond donors (Lipinski definition) is 1. The molecule has 1 heterocycles. The fourth-order valence-electron chi connectivity index (χ4n) is 2.72. The van der Waals surface area contributed by atoms with Crippen molar-refractivity contribution in [2.45, 2.75) is 26.0 Å². The standard InChI is InChI=1S/C17H26N2O2S/c1-14-5-3-4-6-15(14)13-18-8-10-19(11-9-18)17(21)16(20)7-12-22-2/h3-6,16,20H,7-13H2,1-2H3. The molecule has 1 aliphatic heterocycles. The topological polar surface area (TPSA) is 43.8 Å². The maximum Gasteiger partial charge on any atom is 0.251 e. The van der Waals surface area contributed by atoms with Crippen molar-refractivity contribution in [2.24, 2.45) is 0 Å². The third-order valence-electron chi connectivity index (χ3n) is 4.22. The fourth-order valence-corrected chi connectivity index (χ4v) is 3.18. The maximum atomic E-state index is 12.2. The number of aliphatic hydroxyl groups excluding tert-OH is 1. The van der Waals surface area contributed by atoms with Crippen molar-refractivity contribution in [1.29, 1.82) is 0 Å². The van der Waals surface area contributed by atoms with Crippen LogP contribution in [0.5, 0.6) is 0 Å². The second-order valence-corrected chi connectivity index (χ2v) is 6.81. The van der Waals surface area contributed by atoms with Crippen LogP contribution in [0.4, 0.5) is 0 Å². The Kier molecular flexibility index (Phi) is 6.73. The molecule has 1 saturated heterocycles. The van der Waals surface area contributed by atoms with Crippen LogP contribution >= 0.6 is 11.8 Å². The highest BCUT2D eigenvalue weighted by Gasteiger charge is 2.25. The lowest BCUT2D eigenvalue weighted by Crippen LogP contribution is -2.51. The van der Waals surface area contributed by atoms with E-state index in [9.17, 15) is 9.90 Å². The highest BCUT2D eigenvalue weighted by Crippen LogP contribution is 2.13. The molecule has 0 aliphatic carbocycles. The molecule has 1 amide bonds. The summed E-state index contributed by atoms with van der Waals surface area (Å²) >= 11 is 1.66. The van der Waals surface area contributed by atoms with Crippen LogP contribution in [0, 0.1) is 6.92 Å². The predicted molar refractivity (Wildman–Crippen MR) is 92.0 cm³/mol. The van der Waals surface area contributed by atoms with Crippen molar-refractivity contribution in [3.8, 4) is 0 Å². The lowest BCUT2D eigenvalue weighted by molar-refractivity contribution is -0.142. The van der Waals surface area contributed by atoms with Gasteiger partial charge in [-0.15, -0.1) is 0 Å². The van der Waals surface area contributed by atoms with Crippen molar-refractivity contribution in [2.75, 3.05) is 38.2 Å². The maximum absolute atomic E-state index is 12.2. The number of benzene rings is 1. The Morgan fingerprint density at radius 2 is 1.95 bits per heavy atom. The third kappa shape index (κ3) is 4.73. The minimum absolute atomic E-state index is 0.107. The van der Waals surface area contributed by atoms with E-state index in [-0.39, 0.29) is 5.91 Å². The van der Waals surface area contributed by atoms with Gasteiger partial charge in [0.05, 0.1) is 0 Å². The van der Waals surface area contributed by atoms with Gasteiger partial charge in [0.1, 0.15) is 6.10 Å². The predicted octanol–water partition coefficient (Wildman–Crippen LogP) is 1.75. The molecule has 0 bridgehead atoms. The van der Waals surface area contributed by atoms with Crippen LogP contribution in [0.25, 0.3) is 0 Å². The van der Waals surface area contributed by atoms with Crippen LogP contribution in [0.1, 0.15) is 17.5 Å². The lowest BCUT2D eigenvalue weighted by Gasteiger charge is -2.35. The molecule has 0 spiro atoms. The molecule has 1 aliphatic rings. The van der Waals surface area contributed by atoms with Crippen LogP contribution in [-0.4, -0.2) is 65.1 Å². The van der Waals surface area contributed by atoms with Gasteiger partial charge >= 0.3 is 0 Å². The molecular weight excluding hydrogens is 296 g/mol. The summed E-state index contributed by atoms with van der Waals surface area (Å²) in [6.07, 6.45) is 1.70. The first kappa shape index (κ1) is 17.3. The van der Waals surface area contributed by atoms with Gasteiger partial charge in [-0.25, -0.2) is 0 Å². The summed E-state index contributed by atoms with van der Waals surface area (Å²) in [4.78, 5) is 16.4. The molecule has 0 aromatic heterocycles. The first-order valence-corrected chi connectivity index (χ1v) is 9.24. The van der Waals surface area contributed by atoms with Gasteiger partial charge in [0.25, 0.3) is 5.91 Å². The zero-order chi connectivity index (χ0) is 15.9. The summed E-state index contributed by atoms with van der Waals surface area (Å²) in [6, 6.07) is 8.44. The van der Waals surface area contributed by atoms with Crippen LogP contribution < -0.4 is 0 Å². The number of aliphatic hydroxyl groups is 1. The molecule has 1 aromatic carbocycles. The van der Waals surface area contributed by atoms with E-state index in [4.69, 9.17) is 0 Å². The van der Waals surface area contributed by atoms with Gasteiger partial charge in [-0.3, -0.25) is 9.69 Å². The SMILES string of the molecule is CSCCC(O)C(=O)N1CCN(Cc2ccccc2C)CC1. The zero-order valence-electron chi connectivity index (χ0n) is 13.5. The molecule has 122 valence electrons. The van der Waals surface area contributed by atoms with Crippen molar-refractivity contribution in [1.82, 2.24) is 9.80 Å². The lowest BCUT2D eigenvalue weighted by atomic mass is 10.1. The number of amides is 1. The monoisotopic (exact) mass is 322 g/mol. The first-order valence-electron chi connectivity index (χ1n) is 7.84. The number of piperazine rings is 1. The number of aryl methyl sites for hydroxylation is 1. The summed E-state index contributed by atoms with van der Waals surface area (Å²) in [6.45, 7) is 6.23. The molecule has 1 fully saturated rings. The molecule has 2 rings (SSSR count). The van der Waals surface area contributed by atoms with Gasteiger partial charge in [0, 0.05) is 32.7 Å². The molecule has 5 heteroatoms. The van der Waals surface area contributed by atoms with Gasteiger partial charge in [-0.05, 0) is 36.5 Å². The van der Waals surface area contributed by atoms with Gasteiger partial charge in [0.2, 0.25) is 0 Å². The van der Waals surface area contributed by atoms with Crippen LogP contribution in [-0.2, 0) is 11.3 Å². The van der Waals surface area contributed by atoms with Gasteiger partial charge in [-0.1, -0.05) is 24.3 Å². The Labute approximate surface area is 137 Å². The number of thioether (sulfide) groups is 1. The van der Waals surface area contributed by atoms with E-state index in [1.165, 1.54) is 11.1 Å². The number of hydrogen-bond acceptors (Lipinski definition) is 4. The highest BCUT2D eigenvalue weighted by atomic mass is 32.2. The summed E-state index contributed by atoms with van der Waals surface area (Å²) < 4.78 is 0. The highest BCUT2D eigenvalue weighted by molar-refractivity contribution is 7.98. The van der Waals surface area contributed by atoms with Crippen LogP contribution in [0.3, 0.4) is 0 Å². The minimum Gasteiger partial charge on any atom is -0.383 e. The summed E-state index contributed by atoms with van der Waals surface area (Å²) in [5.41, 5.74) is 2.66. The van der Waals surface area contributed by atoms with Crippen LogP contribution in [0.15, 0.2) is 24.3 Å². The van der Waals surface area contributed by atoms with E-state index < -0.39 is 6.10 Å². The van der Waals surface area contributed by atoms with Gasteiger partial charge in [0.15, 0.2) is 0 Å². The normalized spacial score (nSPS) is 17.5. The molecule has 1 atom stereocenters. The van der Waals surface area contributed by atoms with E-state index in [1.807, 2.05) is 6.26 Å². The Balaban J connectivity index is 1.80. The summed E-state index contributed by atoms with van der Waals surface area (Å²) in [5.74, 6) is 0.713. The second kappa shape index (κ2) is 8.56. The molecule has 0 saturated carbocycles. The molecular formula is C17H26N2O2S. The molecule has 1 unspecified atom stereocenters. The Bertz CT molecular complexity index is 487. The van der Waals surface area contributed by atoms with E-state index in [0.717, 1.165) is 25.4 Å². The molecule has 22 heavy (non-hydrogen) atoms. The van der Waals surface area contributed by atoms with Crippen molar-refractivity contribution < 1.29 is 9.90 Å². The minimum atomic E-state index is -0.838. The average molecular weight is 322 g/mol. The average Bonchev–Trinajstić information content (AvgIpc) is 2.55. The number of carbonyl (C=O) groups is 1. The molecule has 4 nitrogen and oxygen atoms in total. The first-order chi connectivity index (χ1) is 10.6. The molecule has 0 radical (unpaired) electrons. The molecule has 1 N–H and O–H groups in total. The fraction of sp³-hybridized carbons (Fsp3) is 0.588. The van der Waals surface area contributed by atoms with Crippen molar-refractivity contribution >= 4 is 17.7 Å². The van der Waals surface area contributed by atoms with Gasteiger partial charge < -0.3 is 10.0 Å². The van der Waals surface area contributed by atoms with Crippen molar-refractivity contribution in [3.05, 3.63) is 35.4 Å². The Hall–Kier alpha value is -1.04. The van der Waals surface area contributed by atoms with Gasteiger partial charge in [-0.2, -0.15) is 11.8 Å². The quantitative estimate of drug-likeness (QED) is 0.867. The molecule has 1 aromatic rings. The van der Waals surface area contributed by atoms with Crippen LogP contribution in [0.2, 0.25) is 0 Å². The van der Waals surface area contributed by atoms with E-state index >= 15 is 0 Å². The van der Waals surface area contributed by atoms with E-state index in [1.54, 1.807) is 16.7 Å². The third-order valence-corrected chi connectivity index (χ3v) is 4.86. The second-order valence-electron chi connectivity index (χ2n) is 5.83. The summed E-state index contributed by atoms with van der Waals surface area (Å²) in [7, 11) is 0. The van der Waals surface area contributed by atoms with E-state index in [0.29, 0.717) is 19.5 Å². The smallest absolute Gasteiger partial charge is 0.251 e. The van der Waals surface area contributed by atoms with Crippen molar-refractivity contribution in [3.63, 3.8) is 0 Å². The number of carbonyl (C=O) groups excluding carboxylic acids is 1. The Morgan fingerprint density at radius 1 is 1.27 bits per heavy atom. The summed E-state index contributed by atoms with van der Waals surface area (Å²) in [5, 5.41) is 9.92. The number of rotatable bonds is 6. The van der Waals surface area contributed by atoms with E-state index in [2.05, 4.69) is 36.1 Å². The Morgan fingerprint density at radius 3 is 2.59 bits per heavy atom. The zero-order valence-corrected chi connectivity index (χ0v) is 14.3. The number of nitrogens with zero attached hydrogens (tertiary/aromatic N) is 2.